The maximum atomic E-state index is 3.83. The Morgan fingerprint density at radius 3 is 1.83 bits per heavy atom. The number of hydrogen-bond acceptors (Lipinski definition) is 1. The SMILES string of the molecule is CCC(C)(CC)c1ccc(C(C)(C)Nc2cccc3cc4ccccc4cc23)cc1. The van der Waals surface area contributed by atoms with Crippen LogP contribution in [0.1, 0.15) is 58.6 Å². The van der Waals surface area contributed by atoms with Gasteiger partial charge in [0.25, 0.3) is 0 Å². The normalized spacial score (nSPS) is 12.4. The van der Waals surface area contributed by atoms with Gasteiger partial charge in [-0.25, -0.2) is 0 Å². The molecule has 1 heteroatoms. The first-order valence-electron chi connectivity index (χ1n) is 11.2. The van der Waals surface area contributed by atoms with E-state index in [4.69, 9.17) is 0 Å². The summed E-state index contributed by atoms with van der Waals surface area (Å²) in [5.41, 5.74) is 4.00. The highest BCUT2D eigenvalue weighted by molar-refractivity contribution is 6.03. The number of rotatable bonds is 6. The molecule has 1 N–H and O–H groups in total. The van der Waals surface area contributed by atoms with E-state index in [0.29, 0.717) is 0 Å². The molecule has 30 heavy (non-hydrogen) atoms. The molecule has 4 aromatic rings. The third-order valence-corrected chi connectivity index (χ3v) is 7.06. The van der Waals surface area contributed by atoms with Crippen molar-refractivity contribution in [2.45, 2.75) is 58.4 Å². The molecule has 0 amide bonds. The zero-order chi connectivity index (χ0) is 21.4. The Morgan fingerprint density at radius 2 is 1.20 bits per heavy atom. The molecule has 154 valence electrons. The first-order valence-corrected chi connectivity index (χ1v) is 11.2. The lowest BCUT2D eigenvalue weighted by molar-refractivity contribution is 0.438. The zero-order valence-corrected chi connectivity index (χ0v) is 18.9. The fourth-order valence-electron chi connectivity index (χ4n) is 4.43. The van der Waals surface area contributed by atoms with Crippen molar-refractivity contribution in [2.24, 2.45) is 0 Å². The van der Waals surface area contributed by atoms with Gasteiger partial charge in [0, 0.05) is 11.1 Å². The van der Waals surface area contributed by atoms with Crippen LogP contribution in [0.4, 0.5) is 5.69 Å². The Balaban J connectivity index is 1.69. The molecule has 0 aliphatic carbocycles. The molecule has 4 aromatic carbocycles. The minimum atomic E-state index is -0.173. The van der Waals surface area contributed by atoms with Crippen LogP contribution in [-0.4, -0.2) is 0 Å². The summed E-state index contributed by atoms with van der Waals surface area (Å²) in [5.74, 6) is 0. The Labute approximate surface area is 181 Å². The van der Waals surface area contributed by atoms with Gasteiger partial charge in [0.15, 0.2) is 0 Å². The Kier molecular flexibility index (Phi) is 5.32. The zero-order valence-electron chi connectivity index (χ0n) is 18.9. The van der Waals surface area contributed by atoms with Crippen LogP contribution in [0, 0.1) is 0 Å². The van der Waals surface area contributed by atoms with Crippen molar-refractivity contribution in [1.82, 2.24) is 0 Å². The van der Waals surface area contributed by atoms with Crippen molar-refractivity contribution < 1.29 is 0 Å². The van der Waals surface area contributed by atoms with E-state index in [0.717, 1.165) is 12.8 Å². The predicted molar refractivity (Wildman–Crippen MR) is 132 cm³/mol. The van der Waals surface area contributed by atoms with E-state index < -0.39 is 0 Å². The molecule has 0 aliphatic rings. The molecule has 0 atom stereocenters. The van der Waals surface area contributed by atoms with E-state index in [1.807, 2.05) is 0 Å². The van der Waals surface area contributed by atoms with Gasteiger partial charge in [0.05, 0.1) is 5.54 Å². The molecule has 0 aliphatic heterocycles. The molecule has 0 aromatic heterocycles. The van der Waals surface area contributed by atoms with E-state index in [1.54, 1.807) is 0 Å². The topological polar surface area (TPSA) is 12.0 Å². The summed E-state index contributed by atoms with van der Waals surface area (Å²) in [7, 11) is 0. The first kappa shape index (κ1) is 20.5. The lowest BCUT2D eigenvalue weighted by Gasteiger charge is -2.31. The van der Waals surface area contributed by atoms with Gasteiger partial charge in [-0.05, 0) is 77.6 Å². The number of benzene rings is 4. The van der Waals surface area contributed by atoms with Crippen LogP contribution in [0.3, 0.4) is 0 Å². The van der Waals surface area contributed by atoms with Crippen LogP contribution in [0.2, 0.25) is 0 Å². The van der Waals surface area contributed by atoms with E-state index in [1.165, 1.54) is 38.4 Å². The highest BCUT2D eigenvalue weighted by atomic mass is 15.0. The molecule has 0 unspecified atom stereocenters. The molecule has 4 rings (SSSR count). The number of fused-ring (bicyclic) bond motifs is 2. The van der Waals surface area contributed by atoms with Crippen LogP contribution < -0.4 is 5.32 Å². The van der Waals surface area contributed by atoms with E-state index in [9.17, 15) is 0 Å². The van der Waals surface area contributed by atoms with E-state index in [2.05, 4.69) is 119 Å². The number of hydrogen-bond donors (Lipinski definition) is 1. The summed E-state index contributed by atoms with van der Waals surface area (Å²) in [6.07, 6.45) is 2.32. The van der Waals surface area contributed by atoms with Crippen molar-refractivity contribution in [3.8, 4) is 0 Å². The van der Waals surface area contributed by atoms with Crippen LogP contribution >= 0.6 is 0 Å². The molecule has 0 spiro atoms. The van der Waals surface area contributed by atoms with Crippen molar-refractivity contribution >= 4 is 27.2 Å². The second kappa shape index (κ2) is 7.80. The van der Waals surface area contributed by atoms with Gasteiger partial charge in [-0.15, -0.1) is 0 Å². The second-order valence-electron chi connectivity index (χ2n) is 9.32. The predicted octanol–water partition coefficient (Wildman–Crippen LogP) is 8.42. The van der Waals surface area contributed by atoms with Gasteiger partial charge in [-0.2, -0.15) is 0 Å². The quantitative estimate of drug-likeness (QED) is 0.323. The Hall–Kier alpha value is -2.80. The molecule has 0 bridgehead atoms. The van der Waals surface area contributed by atoms with Gasteiger partial charge >= 0.3 is 0 Å². The highest BCUT2D eigenvalue weighted by Crippen LogP contribution is 2.35. The van der Waals surface area contributed by atoms with Gasteiger partial charge in [0.1, 0.15) is 0 Å². The maximum Gasteiger partial charge on any atom is 0.0569 e. The van der Waals surface area contributed by atoms with Crippen molar-refractivity contribution in [2.75, 3.05) is 5.32 Å². The first-order chi connectivity index (χ1) is 14.4. The van der Waals surface area contributed by atoms with Crippen molar-refractivity contribution in [1.29, 1.82) is 0 Å². The Bertz CT molecular complexity index is 1160. The lowest BCUT2D eigenvalue weighted by Crippen LogP contribution is -2.28. The number of anilines is 1. The summed E-state index contributed by atoms with van der Waals surface area (Å²) in [5, 5.41) is 8.93. The third-order valence-electron chi connectivity index (χ3n) is 7.06. The van der Waals surface area contributed by atoms with Crippen LogP contribution in [0.25, 0.3) is 21.5 Å². The molecular formula is C29H33N. The van der Waals surface area contributed by atoms with Gasteiger partial charge in [-0.1, -0.05) is 81.4 Å². The Morgan fingerprint density at radius 1 is 0.633 bits per heavy atom. The van der Waals surface area contributed by atoms with Crippen molar-refractivity contribution in [3.63, 3.8) is 0 Å². The summed E-state index contributed by atoms with van der Waals surface area (Å²) in [4.78, 5) is 0. The third kappa shape index (κ3) is 3.69. The summed E-state index contributed by atoms with van der Waals surface area (Å²) < 4.78 is 0. The largest absolute Gasteiger partial charge is 0.376 e. The fraction of sp³-hybridized carbons (Fsp3) is 0.310. The standard InChI is InChI=1S/C29H33N/c1-6-29(5,7-2)25-17-15-24(16-18-25)28(3,4)30-27-14-10-13-23-19-21-11-8-9-12-22(21)20-26(23)27/h8-20,30H,6-7H2,1-5H3. The van der Waals surface area contributed by atoms with Gasteiger partial charge in [0.2, 0.25) is 0 Å². The summed E-state index contributed by atoms with van der Waals surface area (Å²) >= 11 is 0. The maximum absolute atomic E-state index is 3.83. The second-order valence-corrected chi connectivity index (χ2v) is 9.32. The van der Waals surface area contributed by atoms with E-state index >= 15 is 0 Å². The van der Waals surface area contributed by atoms with E-state index in [-0.39, 0.29) is 11.0 Å². The molecule has 0 fully saturated rings. The van der Waals surface area contributed by atoms with Crippen molar-refractivity contribution in [3.05, 3.63) is 90.0 Å². The summed E-state index contributed by atoms with van der Waals surface area (Å²) in [6.45, 7) is 11.5. The molecule has 0 saturated heterocycles. The molecule has 0 radical (unpaired) electrons. The minimum absolute atomic E-state index is 0.173. The lowest BCUT2D eigenvalue weighted by atomic mass is 9.77. The molecule has 0 saturated carbocycles. The fourth-order valence-corrected chi connectivity index (χ4v) is 4.43. The monoisotopic (exact) mass is 395 g/mol. The van der Waals surface area contributed by atoms with Crippen LogP contribution in [0.5, 0.6) is 0 Å². The van der Waals surface area contributed by atoms with Crippen LogP contribution in [0.15, 0.2) is 78.9 Å². The molecular weight excluding hydrogens is 362 g/mol. The molecule has 0 heterocycles. The van der Waals surface area contributed by atoms with Crippen LogP contribution in [-0.2, 0) is 11.0 Å². The van der Waals surface area contributed by atoms with Gasteiger partial charge < -0.3 is 5.32 Å². The highest BCUT2D eigenvalue weighted by Gasteiger charge is 2.25. The average molecular weight is 396 g/mol. The summed E-state index contributed by atoms with van der Waals surface area (Å²) in [6, 6.07) is 28.9. The number of nitrogens with one attached hydrogen (secondary N) is 1. The minimum Gasteiger partial charge on any atom is -0.376 e. The van der Waals surface area contributed by atoms with Gasteiger partial charge in [-0.3, -0.25) is 0 Å². The molecule has 1 nitrogen and oxygen atoms in total. The smallest absolute Gasteiger partial charge is 0.0569 e. The average Bonchev–Trinajstić information content (AvgIpc) is 2.77.